The summed E-state index contributed by atoms with van der Waals surface area (Å²) in [4.78, 5) is 4.24. The third-order valence-corrected chi connectivity index (χ3v) is 4.77. The molecule has 2 rings (SSSR count). The molecule has 2 N–H and O–H groups in total. The summed E-state index contributed by atoms with van der Waals surface area (Å²) < 4.78 is 0. The molecule has 1 aromatic carbocycles. The number of halogens is 2. The van der Waals surface area contributed by atoms with Crippen LogP contribution in [-0.4, -0.2) is 30.6 Å². The molecule has 1 aliphatic rings. The Morgan fingerprint density at radius 3 is 2.70 bits per heavy atom. The van der Waals surface area contributed by atoms with Gasteiger partial charge < -0.3 is 10.6 Å². The highest BCUT2D eigenvalue weighted by molar-refractivity contribution is 14.0. The van der Waals surface area contributed by atoms with Gasteiger partial charge in [-0.25, -0.2) is 0 Å². The van der Waals surface area contributed by atoms with Gasteiger partial charge in [-0.15, -0.1) is 24.0 Å². The molecule has 0 spiro atoms. The maximum absolute atomic E-state index is 5.87. The summed E-state index contributed by atoms with van der Waals surface area (Å²) in [5, 5.41) is 8.20. The normalized spacial score (nSPS) is 18.5. The lowest BCUT2D eigenvalue weighted by molar-refractivity contribution is 0.726. The molecule has 1 heterocycles. The van der Waals surface area contributed by atoms with Gasteiger partial charge >= 0.3 is 0 Å². The van der Waals surface area contributed by atoms with Crippen LogP contribution in [0.3, 0.4) is 0 Å². The van der Waals surface area contributed by atoms with Crippen LogP contribution in [0, 0.1) is 0 Å². The lowest BCUT2D eigenvalue weighted by Crippen LogP contribution is -2.39. The molecule has 0 amide bonds. The lowest BCUT2D eigenvalue weighted by atomic mass is 10.2. The summed E-state index contributed by atoms with van der Waals surface area (Å²) in [6.07, 6.45) is 2.65. The third kappa shape index (κ3) is 6.10. The topological polar surface area (TPSA) is 36.4 Å². The molecule has 1 atom stereocenters. The van der Waals surface area contributed by atoms with E-state index in [1.165, 1.54) is 24.2 Å². The predicted molar refractivity (Wildman–Crippen MR) is 101 cm³/mol. The van der Waals surface area contributed by atoms with Crippen LogP contribution >= 0.6 is 47.3 Å². The molecule has 0 aliphatic carbocycles. The quantitative estimate of drug-likeness (QED) is 0.440. The van der Waals surface area contributed by atoms with Gasteiger partial charge in [-0.05, 0) is 36.3 Å². The van der Waals surface area contributed by atoms with Crippen LogP contribution in [0.4, 0.5) is 0 Å². The average Bonchev–Trinajstić information content (AvgIpc) is 2.94. The van der Waals surface area contributed by atoms with Crippen LogP contribution in [0.2, 0.25) is 5.02 Å². The van der Waals surface area contributed by atoms with Gasteiger partial charge in [0.15, 0.2) is 5.96 Å². The van der Waals surface area contributed by atoms with E-state index in [9.17, 15) is 0 Å². The van der Waals surface area contributed by atoms with Gasteiger partial charge in [-0.1, -0.05) is 23.7 Å². The number of aliphatic imine (C=N–C) groups is 1. The molecule has 0 radical (unpaired) electrons. The monoisotopic (exact) mass is 425 g/mol. The summed E-state index contributed by atoms with van der Waals surface area (Å²) in [6.45, 7) is 1.75. The highest BCUT2D eigenvalue weighted by Gasteiger charge is 2.15. The molecule has 1 saturated heterocycles. The highest BCUT2D eigenvalue weighted by atomic mass is 127. The van der Waals surface area contributed by atoms with E-state index >= 15 is 0 Å². The smallest absolute Gasteiger partial charge is 0.191 e. The molecule has 0 bridgehead atoms. The van der Waals surface area contributed by atoms with Crippen molar-refractivity contribution >= 4 is 53.3 Å². The van der Waals surface area contributed by atoms with Crippen LogP contribution < -0.4 is 10.6 Å². The number of hydrogen-bond acceptors (Lipinski definition) is 2. The van der Waals surface area contributed by atoms with Crippen molar-refractivity contribution in [3.05, 3.63) is 34.9 Å². The van der Waals surface area contributed by atoms with E-state index in [0.717, 1.165) is 29.3 Å². The zero-order valence-corrected chi connectivity index (χ0v) is 15.5. The summed E-state index contributed by atoms with van der Waals surface area (Å²) in [6, 6.07) is 7.86. The first-order valence-corrected chi connectivity index (χ1v) is 8.01. The Morgan fingerprint density at radius 1 is 1.35 bits per heavy atom. The first kappa shape index (κ1) is 17.9. The summed E-state index contributed by atoms with van der Waals surface area (Å²) in [5.41, 5.74) is 1.20. The fourth-order valence-corrected chi connectivity index (χ4v) is 3.35. The van der Waals surface area contributed by atoms with E-state index in [1.54, 1.807) is 7.05 Å². The van der Waals surface area contributed by atoms with Gasteiger partial charge in [-0.2, -0.15) is 11.8 Å². The Hall–Kier alpha value is -0.140. The molecular weight excluding hydrogens is 405 g/mol. The molecule has 0 aromatic heterocycles. The van der Waals surface area contributed by atoms with E-state index in [0.29, 0.717) is 0 Å². The van der Waals surface area contributed by atoms with E-state index in [-0.39, 0.29) is 24.0 Å². The summed E-state index contributed by atoms with van der Waals surface area (Å²) >= 11 is 7.92. The SMILES string of the molecule is CN=C(NCc1ccc(Cl)cc1)NCC1CCCS1.I. The maximum atomic E-state index is 5.87. The molecular formula is C14H21ClIN3S. The second-order valence-corrected chi connectivity index (χ2v) is 6.41. The number of guanidine groups is 1. The minimum absolute atomic E-state index is 0. The van der Waals surface area contributed by atoms with Crippen LogP contribution in [-0.2, 0) is 6.54 Å². The molecule has 1 fully saturated rings. The van der Waals surface area contributed by atoms with Gasteiger partial charge in [0.05, 0.1) is 0 Å². The highest BCUT2D eigenvalue weighted by Crippen LogP contribution is 2.25. The molecule has 112 valence electrons. The largest absolute Gasteiger partial charge is 0.355 e. The van der Waals surface area contributed by atoms with Crippen molar-refractivity contribution < 1.29 is 0 Å². The number of rotatable bonds is 4. The first-order chi connectivity index (χ1) is 9.28. The van der Waals surface area contributed by atoms with E-state index in [4.69, 9.17) is 11.6 Å². The van der Waals surface area contributed by atoms with E-state index in [2.05, 4.69) is 27.4 Å². The van der Waals surface area contributed by atoms with Crippen LogP contribution in [0.15, 0.2) is 29.3 Å². The molecule has 1 aromatic rings. The second-order valence-electron chi connectivity index (χ2n) is 4.57. The number of thioether (sulfide) groups is 1. The Balaban J connectivity index is 0.00000200. The van der Waals surface area contributed by atoms with Crippen molar-refractivity contribution in [3.63, 3.8) is 0 Å². The van der Waals surface area contributed by atoms with E-state index in [1.807, 2.05) is 24.3 Å². The number of nitrogens with zero attached hydrogens (tertiary/aromatic N) is 1. The van der Waals surface area contributed by atoms with Crippen molar-refractivity contribution in [2.24, 2.45) is 4.99 Å². The Morgan fingerprint density at radius 2 is 2.10 bits per heavy atom. The van der Waals surface area contributed by atoms with Crippen molar-refractivity contribution in [2.45, 2.75) is 24.6 Å². The van der Waals surface area contributed by atoms with E-state index < -0.39 is 0 Å². The Kier molecular flexibility index (Phi) is 8.72. The second kappa shape index (κ2) is 9.73. The number of nitrogens with one attached hydrogen (secondary N) is 2. The van der Waals surface area contributed by atoms with Crippen molar-refractivity contribution in [3.8, 4) is 0 Å². The van der Waals surface area contributed by atoms with Gasteiger partial charge in [0.2, 0.25) is 0 Å². The van der Waals surface area contributed by atoms with Gasteiger partial charge in [0.1, 0.15) is 0 Å². The van der Waals surface area contributed by atoms with Crippen molar-refractivity contribution in [1.29, 1.82) is 0 Å². The zero-order chi connectivity index (χ0) is 13.5. The molecule has 1 unspecified atom stereocenters. The zero-order valence-electron chi connectivity index (χ0n) is 11.6. The summed E-state index contributed by atoms with van der Waals surface area (Å²) in [7, 11) is 1.80. The Bertz CT molecular complexity index is 419. The fraction of sp³-hybridized carbons (Fsp3) is 0.500. The minimum atomic E-state index is 0. The van der Waals surface area contributed by atoms with Gasteiger partial charge in [0, 0.05) is 30.4 Å². The van der Waals surface area contributed by atoms with Crippen LogP contribution in [0.5, 0.6) is 0 Å². The molecule has 3 nitrogen and oxygen atoms in total. The summed E-state index contributed by atoms with van der Waals surface area (Å²) in [5.74, 6) is 2.16. The lowest BCUT2D eigenvalue weighted by Gasteiger charge is -2.14. The number of hydrogen-bond donors (Lipinski definition) is 2. The Labute approximate surface area is 147 Å². The molecule has 0 saturated carbocycles. The molecule has 6 heteroatoms. The third-order valence-electron chi connectivity index (χ3n) is 3.12. The number of benzene rings is 1. The standard InChI is InChI=1S/C14H20ClN3S.HI/c1-16-14(18-10-13-3-2-8-19-13)17-9-11-4-6-12(15)7-5-11;/h4-7,13H,2-3,8-10H2,1H3,(H2,16,17,18);1H. The molecule has 1 aliphatic heterocycles. The van der Waals surface area contributed by atoms with Crippen LogP contribution in [0.1, 0.15) is 18.4 Å². The maximum Gasteiger partial charge on any atom is 0.191 e. The molecule has 20 heavy (non-hydrogen) atoms. The first-order valence-electron chi connectivity index (χ1n) is 6.58. The average molecular weight is 426 g/mol. The van der Waals surface area contributed by atoms with Crippen molar-refractivity contribution in [2.75, 3.05) is 19.3 Å². The van der Waals surface area contributed by atoms with Gasteiger partial charge in [-0.3, -0.25) is 4.99 Å². The predicted octanol–water partition coefficient (Wildman–Crippen LogP) is 3.52. The van der Waals surface area contributed by atoms with Gasteiger partial charge in [0.25, 0.3) is 0 Å². The minimum Gasteiger partial charge on any atom is -0.355 e. The fourth-order valence-electron chi connectivity index (χ4n) is 2.02. The van der Waals surface area contributed by atoms with Crippen molar-refractivity contribution in [1.82, 2.24) is 10.6 Å². The van der Waals surface area contributed by atoms with Crippen LogP contribution in [0.25, 0.3) is 0 Å².